The molecule has 372 valence electrons. The molecule has 3 nitrogen and oxygen atoms in total. The van der Waals surface area contributed by atoms with Crippen molar-refractivity contribution in [1.29, 1.82) is 0 Å². The third kappa shape index (κ3) is 82.4. The van der Waals surface area contributed by atoms with Gasteiger partial charge in [0, 0.05) is 0 Å². The Labute approximate surface area is 401 Å². The van der Waals surface area contributed by atoms with Crippen molar-refractivity contribution in [2.75, 3.05) is 19.6 Å². The number of unbranched alkanes of at least 4 members (excludes halogenated alkanes) is 45. The molecule has 6 N–H and O–H groups in total. The zero-order valence-corrected chi connectivity index (χ0v) is 44.5. The van der Waals surface area contributed by atoms with Crippen LogP contribution in [0.5, 0.6) is 0 Å². The van der Waals surface area contributed by atoms with Crippen molar-refractivity contribution in [1.82, 2.24) is 0 Å². The van der Waals surface area contributed by atoms with Gasteiger partial charge in [-0.25, -0.2) is 0 Å². The van der Waals surface area contributed by atoms with E-state index in [2.05, 4.69) is 20.8 Å². The predicted octanol–water partition coefficient (Wildman–Crippen LogP) is 19.9. The van der Waals surface area contributed by atoms with Gasteiger partial charge in [0.05, 0.1) is 0 Å². The molecule has 0 atom stereocenters. The molecule has 0 heterocycles. The van der Waals surface area contributed by atoms with Crippen LogP contribution in [-0.4, -0.2) is 19.6 Å². The van der Waals surface area contributed by atoms with E-state index in [1.165, 1.54) is 308 Å². The first-order valence-electron chi connectivity index (χ1n) is 27.3. The molecule has 0 aliphatic heterocycles. The summed E-state index contributed by atoms with van der Waals surface area (Å²) >= 11 is 0. The zero-order chi connectivity index (χ0) is 42.1. The van der Waals surface area contributed by atoms with Gasteiger partial charge in [0.25, 0.3) is 0 Å². The van der Waals surface area contributed by atoms with Gasteiger partial charge in [0.1, 0.15) is 0 Å². The third-order valence-electron chi connectivity index (χ3n) is 12.2. The van der Waals surface area contributed by atoms with E-state index in [9.17, 15) is 0 Å². The number of halogens is 3. The smallest absolute Gasteiger partial charge is 0.00773 e. The molecule has 0 radical (unpaired) electrons. The van der Waals surface area contributed by atoms with Crippen LogP contribution in [0.2, 0.25) is 0 Å². The summed E-state index contributed by atoms with van der Waals surface area (Å²) in [5.41, 5.74) is 16.4. The fourth-order valence-electron chi connectivity index (χ4n) is 8.08. The monoisotopic (exact) mass is 916 g/mol. The molecule has 0 saturated heterocycles. The molecule has 0 aromatic carbocycles. The highest BCUT2D eigenvalue weighted by Gasteiger charge is 1.97. The van der Waals surface area contributed by atoms with E-state index in [-0.39, 0.29) is 37.2 Å². The van der Waals surface area contributed by atoms with Gasteiger partial charge in [0.15, 0.2) is 0 Å². The highest BCUT2D eigenvalue weighted by molar-refractivity contribution is 5.86. The molecule has 0 aliphatic rings. The normalized spacial score (nSPS) is 10.5. The van der Waals surface area contributed by atoms with E-state index < -0.39 is 0 Å². The minimum Gasteiger partial charge on any atom is -0.330 e. The second-order valence-corrected chi connectivity index (χ2v) is 18.3. The molecule has 0 aromatic rings. The van der Waals surface area contributed by atoms with Gasteiger partial charge in [-0.05, 0) is 38.9 Å². The van der Waals surface area contributed by atoms with Crippen LogP contribution < -0.4 is 17.2 Å². The number of hydrogen-bond acceptors (Lipinski definition) is 3. The van der Waals surface area contributed by atoms with Gasteiger partial charge in [0.2, 0.25) is 0 Å². The van der Waals surface area contributed by atoms with Gasteiger partial charge >= 0.3 is 0 Å². The Morgan fingerprint density at radius 1 is 0.150 bits per heavy atom. The summed E-state index contributed by atoms with van der Waals surface area (Å²) in [4.78, 5) is 0. The molecule has 0 aliphatic carbocycles. The van der Waals surface area contributed by atoms with Gasteiger partial charge < -0.3 is 17.2 Å². The van der Waals surface area contributed by atoms with Crippen molar-refractivity contribution in [3.63, 3.8) is 0 Å². The molecule has 0 bridgehead atoms. The van der Waals surface area contributed by atoms with Gasteiger partial charge in [-0.3, -0.25) is 0 Å². The quantitative estimate of drug-likeness (QED) is 0.0532. The number of nitrogens with two attached hydrogens (primary N) is 3. The lowest BCUT2D eigenvalue weighted by atomic mass is 10.0. The fraction of sp³-hybridized carbons (Fsp3) is 1.00. The highest BCUT2D eigenvalue weighted by atomic mass is 35.5. The maximum atomic E-state index is 5.48. The van der Waals surface area contributed by atoms with E-state index in [1.807, 2.05) is 0 Å². The molecule has 0 rings (SSSR count). The molecule has 0 aromatic heterocycles. The van der Waals surface area contributed by atoms with E-state index in [0.717, 1.165) is 19.6 Å². The molecule has 6 heteroatoms. The maximum absolute atomic E-state index is 5.48. The molecule has 0 fully saturated rings. The first-order valence-corrected chi connectivity index (χ1v) is 27.3. The van der Waals surface area contributed by atoms with Crippen LogP contribution in [0.3, 0.4) is 0 Å². The summed E-state index contributed by atoms with van der Waals surface area (Å²) in [6.07, 6.45) is 68.6. The van der Waals surface area contributed by atoms with Crippen molar-refractivity contribution in [3.8, 4) is 0 Å². The first-order chi connectivity index (χ1) is 28.2. The number of rotatable bonds is 48. The Morgan fingerprint density at radius 2 is 0.233 bits per heavy atom. The Morgan fingerprint density at radius 3 is 0.317 bits per heavy atom. The standard InChI is InChI=1S/3C18H39N.3ClH/c3*1-2-3-4-5-6-7-8-9-10-11-12-13-14-15-16-17-18-19;;;/h3*2-19H2,1H3;3*1H. The molecule has 60 heavy (non-hydrogen) atoms. The lowest BCUT2D eigenvalue weighted by molar-refractivity contribution is 0.530. The average Bonchev–Trinajstić information content (AvgIpc) is 3.23. The lowest BCUT2D eigenvalue weighted by Crippen LogP contribution is -1.97. The van der Waals surface area contributed by atoms with Crippen LogP contribution in [-0.2, 0) is 0 Å². The Kier molecular flexibility index (Phi) is 92.9. The van der Waals surface area contributed by atoms with Crippen molar-refractivity contribution in [3.05, 3.63) is 0 Å². The molecule has 0 unspecified atom stereocenters. The van der Waals surface area contributed by atoms with E-state index in [0.29, 0.717) is 0 Å². The second kappa shape index (κ2) is 77.0. The minimum absolute atomic E-state index is 0. The average molecular weight is 918 g/mol. The summed E-state index contributed by atoms with van der Waals surface area (Å²) in [6, 6.07) is 0. The zero-order valence-electron chi connectivity index (χ0n) is 42.0. The summed E-state index contributed by atoms with van der Waals surface area (Å²) in [5.74, 6) is 0. The summed E-state index contributed by atoms with van der Waals surface area (Å²) < 4.78 is 0. The van der Waals surface area contributed by atoms with Crippen molar-refractivity contribution < 1.29 is 0 Å². The molecule has 0 saturated carbocycles. The van der Waals surface area contributed by atoms with E-state index in [4.69, 9.17) is 17.2 Å². The van der Waals surface area contributed by atoms with Crippen LogP contribution in [0.1, 0.15) is 329 Å². The molecule has 0 spiro atoms. The minimum atomic E-state index is 0. The largest absolute Gasteiger partial charge is 0.330 e. The van der Waals surface area contributed by atoms with Gasteiger partial charge in [-0.1, -0.05) is 310 Å². The van der Waals surface area contributed by atoms with E-state index in [1.54, 1.807) is 0 Å². The van der Waals surface area contributed by atoms with Crippen molar-refractivity contribution >= 4 is 37.2 Å². The van der Waals surface area contributed by atoms with Crippen molar-refractivity contribution in [2.45, 2.75) is 329 Å². The van der Waals surface area contributed by atoms with Crippen LogP contribution in [0.25, 0.3) is 0 Å². The topological polar surface area (TPSA) is 78.1 Å². The van der Waals surface area contributed by atoms with Crippen LogP contribution in [0.15, 0.2) is 0 Å². The summed E-state index contributed by atoms with van der Waals surface area (Å²) in [6.45, 7) is 9.49. The second-order valence-electron chi connectivity index (χ2n) is 18.3. The molecule has 0 amide bonds. The van der Waals surface area contributed by atoms with Crippen molar-refractivity contribution in [2.24, 2.45) is 17.2 Å². The molecular formula is C54H120Cl3N3. The summed E-state index contributed by atoms with van der Waals surface area (Å²) in [7, 11) is 0. The first kappa shape index (κ1) is 72.4. The lowest BCUT2D eigenvalue weighted by Gasteiger charge is -2.03. The van der Waals surface area contributed by atoms with Crippen LogP contribution in [0.4, 0.5) is 0 Å². The van der Waals surface area contributed by atoms with Crippen LogP contribution in [0, 0.1) is 0 Å². The Hall–Kier alpha value is 0.750. The Bertz CT molecular complexity index is 484. The molecular weight excluding hydrogens is 797 g/mol. The van der Waals surface area contributed by atoms with Gasteiger partial charge in [-0.2, -0.15) is 0 Å². The van der Waals surface area contributed by atoms with Gasteiger partial charge in [-0.15, -0.1) is 37.2 Å². The third-order valence-corrected chi connectivity index (χ3v) is 12.2. The number of hydrogen-bond donors (Lipinski definition) is 3. The van der Waals surface area contributed by atoms with E-state index >= 15 is 0 Å². The van der Waals surface area contributed by atoms with Crippen LogP contribution >= 0.6 is 37.2 Å². The maximum Gasteiger partial charge on any atom is -0.00773 e. The Balaban J connectivity index is -0.000000178. The fourth-order valence-corrected chi connectivity index (χ4v) is 8.08. The summed E-state index contributed by atoms with van der Waals surface area (Å²) in [5, 5.41) is 0. The predicted molar refractivity (Wildman–Crippen MR) is 288 cm³/mol. The SMILES string of the molecule is CCCCCCCCCCCCCCCCCCN.CCCCCCCCCCCCCCCCCCN.CCCCCCCCCCCCCCCCCCN.Cl.Cl.Cl. The highest BCUT2D eigenvalue weighted by Crippen LogP contribution is 2.16.